The Morgan fingerprint density at radius 1 is 0.769 bits per heavy atom. The predicted octanol–water partition coefficient (Wildman–Crippen LogP) is 3.26. The molecule has 0 spiro atoms. The van der Waals surface area contributed by atoms with E-state index < -0.39 is 10.0 Å². The fraction of sp³-hybridized carbons (Fsp3) is 0.143. The van der Waals surface area contributed by atoms with E-state index in [4.69, 9.17) is 5.14 Å². The van der Waals surface area contributed by atoms with E-state index in [0.717, 1.165) is 18.5 Å². The second kappa shape index (κ2) is 8.27. The molecule has 0 aliphatic carbocycles. The van der Waals surface area contributed by atoms with Crippen LogP contribution in [0.15, 0.2) is 89.8 Å². The van der Waals surface area contributed by atoms with Gasteiger partial charge in [0.1, 0.15) is 0 Å². The maximum atomic E-state index is 11.3. The highest BCUT2D eigenvalue weighted by Crippen LogP contribution is 2.21. The molecule has 0 aliphatic rings. The van der Waals surface area contributed by atoms with Gasteiger partial charge in [-0.1, -0.05) is 72.8 Å². The molecule has 3 N–H and O–H groups in total. The van der Waals surface area contributed by atoms with Gasteiger partial charge in [-0.25, -0.2) is 13.6 Å². The second-order valence-electron chi connectivity index (χ2n) is 6.15. The lowest BCUT2D eigenvalue weighted by Crippen LogP contribution is -2.24. The Morgan fingerprint density at radius 2 is 1.27 bits per heavy atom. The minimum absolute atomic E-state index is 0.112. The Bertz CT molecular complexity index is 885. The monoisotopic (exact) mass is 366 g/mol. The van der Waals surface area contributed by atoms with Crippen LogP contribution < -0.4 is 10.5 Å². The molecule has 26 heavy (non-hydrogen) atoms. The average Bonchev–Trinajstić information content (AvgIpc) is 2.66. The van der Waals surface area contributed by atoms with Crippen molar-refractivity contribution in [3.05, 3.63) is 102 Å². The highest BCUT2D eigenvalue weighted by Gasteiger charge is 2.13. The summed E-state index contributed by atoms with van der Waals surface area (Å²) in [6, 6.07) is 27.5. The minimum atomic E-state index is -3.64. The van der Waals surface area contributed by atoms with Crippen LogP contribution in [0.1, 0.15) is 22.7 Å². The summed E-state index contributed by atoms with van der Waals surface area (Å²) < 4.78 is 22.7. The van der Waals surface area contributed by atoms with Crippen LogP contribution in [0.4, 0.5) is 0 Å². The molecule has 4 nitrogen and oxygen atoms in total. The zero-order valence-corrected chi connectivity index (χ0v) is 15.2. The van der Waals surface area contributed by atoms with E-state index in [2.05, 4.69) is 29.6 Å². The molecule has 0 unspecified atom stereocenters. The van der Waals surface area contributed by atoms with Crippen LogP contribution in [0.25, 0.3) is 0 Å². The van der Waals surface area contributed by atoms with Crippen molar-refractivity contribution in [1.82, 2.24) is 5.32 Å². The number of nitrogens with one attached hydrogen (secondary N) is 1. The van der Waals surface area contributed by atoms with Crippen LogP contribution in [0.3, 0.4) is 0 Å². The molecule has 0 aromatic heterocycles. The van der Waals surface area contributed by atoms with Crippen molar-refractivity contribution in [3.63, 3.8) is 0 Å². The number of hydrogen-bond acceptors (Lipinski definition) is 3. The summed E-state index contributed by atoms with van der Waals surface area (Å²) in [6.45, 7) is 0.767. The zero-order chi connectivity index (χ0) is 18.4. The fourth-order valence-corrected chi connectivity index (χ4v) is 3.44. The van der Waals surface area contributed by atoms with Crippen LogP contribution in [0.2, 0.25) is 0 Å². The number of sulfonamides is 1. The first-order chi connectivity index (χ1) is 12.5. The van der Waals surface area contributed by atoms with Gasteiger partial charge in [0.2, 0.25) is 10.0 Å². The number of benzene rings is 3. The first-order valence-electron chi connectivity index (χ1n) is 8.49. The van der Waals surface area contributed by atoms with Gasteiger partial charge in [-0.15, -0.1) is 0 Å². The lowest BCUT2D eigenvalue weighted by Gasteiger charge is -2.20. The van der Waals surface area contributed by atoms with Crippen molar-refractivity contribution < 1.29 is 8.42 Å². The molecule has 0 radical (unpaired) electrons. The summed E-state index contributed by atoms with van der Waals surface area (Å²) in [5.74, 6) is 0. The first-order valence-corrected chi connectivity index (χ1v) is 10.0. The topological polar surface area (TPSA) is 72.2 Å². The molecule has 0 aliphatic heterocycles. The average molecular weight is 366 g/mol. The van der Waals surface area contributed by atoms with Gasteiger partial charge < -0.3 is 5.32 Å². The summed E-state index contributed by atoms with van der Waals surface area (Å²) in [5, 5.41) is 8.74. The third-order valence-electron chi connectivity index (χ3n) is 4.28. The van der Waals surface area contributed by atoms with Gasteiger partial charge in [0, 0.05) is 6.54 Å². The van der Waals surface area contributed by atoms with E-state index in [0.29, 0.717) is 0 Å². The predicted molar refractivity (Wildman–Crippen MR) is 104 cm³/mol. The molecule has 134 valence electrons. The molecule has 0 heterocycles. The molecule has 0 bridgehead atoms. The highest BCUT2D eigenvalue weighted by atomic mass is 32.2. The summed E-state index contributed by atoms with van der Waals surface area (Å²) in [4.78, 5) is 0.139. The maximum Gasteiger partial charge on any atom is 0.238 e. The number of nitrogens with two attached hydrogens (primary N) is 1. The van der Waals surface area contributed by atoms with Crippen molar-refractivity contribution in [3.8, 4) is 0 Å². The van der Waals surface area contributed by atoms with Gasteiger partial charge in [0.25, 0.3) is 0 Å². The van der Waals surface area contributed by atoms with Crippen molar-refractivity contribution in [2.45, 2.75) is 17.4 Å². The summed E-state index contributed by atoms with van der Waals surface area (Å²) in [6.07, 6.45) is 0.793. The van der Waals surface area contributed by atoms with Crippen LogP contribution >= 0.6 is 0 Å². The molecule has 0 atom stereocenters. The van der Waals surface area contributed by atoms with Crippen molar-refractivity contribution in [2.24, 2.45) is 5.14 Å². The SMILES string of the molecule is NS(=O)(=O)c1ccc(CCNC(c2ccccc2)c2ccccc2)cc1. The van der Waals surface area contributed by atoms with Gasteiger partial charge in [-0.3, -0.25) is 0 Å². The molecule has 0 amide bonds. The number of primary sulfonamides is 1. The van der Waals surface area contributed by atoms with Gasteiger partial charge in [-0.2, -0.15) is 0 Å². The molecule has 0 fully saturated rings. The first kappa shape index (κ1) is 18.3. The third-order valence-corrected chi connectivity index (χ3v) is 5.21. The minimum Gasteiger partial charge on any atom is -0.306 e. The number of rotatable bonds is 7. The molecular weight excluding hydrogens is 344 g/mol. The molecule has 3 aromatic carbocycles. The van der Waals surface area contributed by atoms with E-state index in [1.807, 2.05) is 48.5 Å². The molecule has 3 aromatic rings. The van der Waals surface area contributed by atoms with E-state index >= 15 is 0 Å². The van der Waals surface area contributed by atoms with Crippen LogP contribution in [0.5, 0.6) is 0 Å². The maximum absolute atomic E-state index is 11.3. The Labute approximate surface area is 154 Å². The van der Waals surface area contributed by atoms with Crippen molar-refractivity contribution >= 4 is 10.0 Å². The second-order valence-corrected chi connectivity index (χ2v) is 7.71. The van der Waals surface area contributed by atoms with E-state index in [-0.39, 0.29) is 10.9 Å². The summed E-state index contributed by atoms with van der Waals surface area (Å²) >= 11 is 0. The van der Waals surface area contributed by atoms with Crippen molar-refractivity contribution in [2.75, 3.05) is 6.54 Å². The van der Waals surface area contributed by atoms with Gasteiger partial charge in [0.15, 0.2) is 0 Å². The van der Waals surface area contributed by atoms with Crippen LogP contribution in [-0.4, -0.2) is 15.0 Å². The Morgan fingerprint density at radius 3 is 1.73 bits per heavy atom. The summed E-state index contributed by atoms with van der Waals surface area (Å²) in [7, 11) is -3.64. The molecule has 5 heteroatoms. The normalized spacial score (nSPS) is 11.6. The van der Waals surface area contributed by atoms with Gasteiger partial charge in [-0.05, 0) is 35.2 Å². The lowest BCUT2D eigenvalue weighted by atomic mass is 9.98. The summed E-state index contributed by atoms with van der Waals surface area (Å²) in [5.41, 5.74) is 3.48. The number of hydrogen-bond donors (Lipinski definition) is 2. The Hall–Kier alpha value is -2.47. The van der Waals surface area contributed by atoms with Crippen LogP contribution in [-0.2, 0) is 16.4 Å². The van der Waals surface area contributed by atoms with Gasteiger partial charge in [0.05, 0.1) is 10.9 Å². The zero-order valence-electron chi connectivity index (χ0n) is 14.4. The quantitative estimate of drug-likeness (QED) is 0.674. The third kappa shape index (κ3) is 4.79. The standard InChI is InChI=1S/C21H22N2O2S/c22-26(24,25)20-13-11-17(12-14-20)15-16-23-21(18-7-3-1-4-8-18)19-9-5-2-6-10-19/h1-14,21,23H,15-16H2,(H2,22,24,25). The Kier molecular flexibility index (Phi) is 5.83. The van der Waals surface area contributed by atoms with E-state index in [9.17, 15) is 8.42 Å². The van der Waals surface area contributed by atoms with E-state index in [1.165, 1.54) is 11.1 Å². The smallest absolute Gasteiger partial charge is 0.238 e. The van der Waals surface area contributed by atoms with Crippen molar-refractivity contribution in [1.29, 1.82) is 0 Å². The fourth-order valence-electron chi connectivity index (χ4n) is 2.93. The van der Waals surface area contributed by atoms with Gasteiger partial charge >= 0.3 is 0 Å². The van der Waals surface area contributed by atoms with Crippen LogP contribution in [0, 0.1) is 0 Å². The van der Waals surface area contributed by atoms with E-state index in [1.54, 1.807) is 12.1 Å². The molecule has 3 rings (SSSR count). The molecule has 0 saturated heterocycles. The highest BCUT2D eigenvalue weighted by molar-refractivity contribution is 7.89. The largest absolute Gasteiger partial charge is 0.306 e. The Balaban J connectivity index is 1.69. The lowest BCUT2D eigenvalue weighted by molar-refractivity contribution is 0.597. The molecular formula is C21H22N2O2S. The molecule has 0 saturated carbocycles.